The van der Waals surface area contributed by atoms with E-state index in [9.17, 15) is 4.79 Å². The number of pyridine rings is 1. The molecular weight excluding hydrogens is 454 g/mol. The lowest BCUT2D eigenvalue weighted by Gasteiger charge is -2.37. The van der Waals surface area contributed by atoms with E-state index in [0.717, 1.165) is 43.5 Å². The van der Waals surface area contributed by atoms with Gasteiger partial charge in [0.05, 0.1) is 13.2 Å². The molecule has 2 aromatic rings. The topological polar surface area (TPSA) is 72.9 Å². The van der Waals surface area contributed by atoms with E-state index in [0.29, 0.717) is 42.7 Å². The van der Waals surface area contributed by atoms with Gasteiger partial charge in [-0.2, -0.15) is 0 Å². The van der Waals surface area contributed by atoms with E-state index in [4.69, 9.17) is 19.2 Å². The Morgan fingerprint density at radius 1 is 1.08 bits per heavy atom. The molecule has 1 saturated heterocycles. The fourth-order valence-corrected chi connectivity index (χ4v) is 5.51. The van der Waals surface area contributed by atoms with E-state index in [1.54, 1.807) is 7.11 Å². The van der Waals surface area contributed by atoms with E-state index < -0.39 is 0 Å². The van der Waals surface area contributed by atoms with Crippen molar-refractivity contribution < 1.29 is 19.0 Å². The van der Waals surface area contributed by atoms with Crippen LogP contribution in [0.5, 0.6) is 11.5 Å². The van der Waals surface area contributed by atoms with Gasteiger partial charge in [-0.25, -0.2) is 4.98 Å². The summed E-state index contributed by atoms with van der Waals surface area (Å²) >= 11 is 0. The molecule has 4 rings (SSSR count). The van der Waals surface area contributed by atoms with Gasteiger partial charge in [-0.05, 0) is 64.1 Å². The SMILES string of the molecule is COCCCOc1cc(C(=O)N(C(C)C)[C@@H]2CCCNC2)nc2c(OCC3CCCCC3)cccc12. The van der Waals surface area contributed by atoms with Gasteiger partial charge in [0.15, 0.2) is 0 Å². The fourth-order valence-electron chi connectivity index (χ4n) is 5.51. The van der Waals surface area contributed by atoms with Crippen LogP contribution in [0.15, 0.2) is 24.3 Å². The lowest BCUT2D eigenvalue weighted by Crippen LogP contribution is -2.51. The molecule has 1 aliphatic carbocycles. The maximum absolute atomic E-state index is 13.9. The molecule has 2 fully saturated rings. The van der Waals surface area contributed by atoms with E-state index in [-0.39, 0.29) is 18.0 Å². The number of fused-ring (bicyclic) bond motifs is 1. The molecule has 198 valence electrons. The van der Waals surface area contributed by atoms with E-state index in [1.165, 1.54) is 32.1 Å². The number of benzene rings is 1. The zero-order chi connectivity index (χ0) is 25.3. The number of carbonyl (C=O) groups excluding carboxylic acids is 1. The molecular formula is C29H43N3O4. The Bertz CT molecular complexity index is 984. The molecule has 36 heavy (non-hydrogen) atoms. The second kappa shape index (κ2) is 13.2. The Kier molecular flexibility index (Phi) is 9.82. The van der Waals surface area contributed by atoms with Gasteiger partial charge in [0.25, 0.3) is 5.91 Å². The van der Waals surface area contributed by atoms with Gasteiger partial charge in [0.1, 0.15) is 22.7 Å². The molecule has 1 aliphatic heterocycles. The molecule has 1 atom stereocenters. The highest BCUT2D eigenvalue weighted by atomic mass is 16.5. The van der Waals surface area contributed by atoms with Gasteiger partial charge in [-0.1, -0.05) is 25.3 Å². The van der Waals surface area contributed by atoms with Gasteiger partial charge >= 0.3 is 0 Å². The number of para-hydroxylation sites is 1. The number of nitrogens with zero attached hydrogens (tertiary/aromatic N) is 2. The quantitative estimate of drug-likeness (QED) is 0.430. The summed E-state index contributed by atoms with van der Waals surface area (Å²) in [6.07, 6.45) is 9.16. The van der Waals surface area contributed by atoms with Gasteiger partial charge in [0, 0.05) is 50.2 Å². The van der Waals surface area contributed by atoms with Crippen molar-refractivity contribution in [3.63, 3.8) is 0 Å². The third kappa shape index (κ3) is 6.68. The molecule has 1 aromatic carbocycles. The maximum atomic E-state index is 13.9. The number of hydrogen-bond acceptors (Lipinski definition) is 6. The summed E-state index contributed by atoms with van der Waals surface area (Å²) in [6, 6.07) is 8.00. The van der Waals surface area contributed by atoms with Crippen LogP contribution in [0, 0.1) is 5.92 Å². The smallest absolute Gasteiger partial charge is 0.273 e. The molecule has 0 spiro atoms. The molecule has 2 aliphatic rings. The van der Waals surface area contributed by atoms with Gasteiger partial charge in [-0.3, -0.25) is 4.79 Å². The average Bonchev–Trinajstić information content (AvgIpc) is 2.90. The molecule has 7 heteroatoms. The summed E-state index contributed by atoms with van der Waals surface area (Å²) in [5, 5.41) is 4.32. The van der Waals surface area contributed by atoms with E-state index in [1.807, 2.05) is 29.2 Å². The Hall–Kier alpha value is -2.38. The standard InChI is InChI=1S/C29H43N3O4/c1-21(2)32(23-12-8-15-30-19-23)29(33)25-18-27(35-17-9-16-34-3)24-13-7-14-26(28(24)31-25)36-20-22-10-5-4-6-11-22/h7,13-14,18,21-23,30H,4-6,8-12,15-17,19-20H2,1-3H3/t23-/m1/s1. The number of carbonyl (C=O) groups is 1. The number of nitrogens with one attached hydrogen (secondary N) is 1. The third-order valence-electron chi connectivity index (χ3n) is 7.39. The molecule has 0 radical (unpaired) electrons. The molecule has 7 nitrogen and oxygen atoms in total. The van der Waals surface area contributed by atoms with Crippen LogP contribution in [0.25, 0.3) is 10.9 Å². The number of hydrogen-bond donors (Lipinski definition) is 1. The predicted molar refractivity (Wildman–Crippen MR) is 143 cm³/mol. The number of aromatic nitrogens is 1. The Balaban J connectivity index is 1.66. The van der Waals surface area contributed by atoms with E-state index >= 15 is 0 Å². The van der Waals surface area contributed by atoms with Crippen molar-refractivity contribution in [3.05, 3.63) is 30.0 Å². The van der Waals surface area contributed by atoms with Crippen LogP contribution in [-0.4, -0.2) is 67.9 Å². The molecule has 1 aromatic heterocycles. The second-order valence-electron chi connectivity index (χ2n) is 10.5. The normalized spacial score (nSPS) is 18.9. The zero-order valence-corrected chi connectivity index (χ0v) is 22.3. The van der Waals surface area contributed by atoms with E-state index in [2.05, 4.69) is 19.2 Å². The van der Waals surface area contributed by atoms with Crippen molar-refractivity contribution in [2.75, 3.05) is 40.0 Å². The van der Waals surface area contributed by atoms with Crippen molar-refractivity contribution in [3.8, 4) is 11.5 Å². The summed E-state index contributed by atoms with van der Waals surface area (Å²) < 4.78 is 17.7. The highest BCUT2D eigenvalue weighted by Crippen LogP contribution is 2.34. The fraction of sp³-hybridized carbons (Fsp3) is 0.655. The van der Waals surface area contributed by atoms with Gasteiger partial charge < -0.3 is 24.4 Å². The number of ether oxygens (including phenoxy) is 3. The van der Waals surface area contributed by atoms with Crippen LogP contribution < -0.4 is 14.8 Å². The number of piperidine rings is 1. The first-order valence-corrected chi connectivity index (χ1v) is 13.8. The first kappa shape index (κ1) is 26.7. The summed E-state index contributed by atoms with van der Waals surface area (Å²) in [5.74, 6) is 1.93. The lowest BCUT2D eigenvalue weighted by atomic mass is 9.90. The van der Waals surface area contributed by atoms with Crippen molar-refractivity contribution in [2.24, 2.45) is 5.92 Å². The van der Waals surface area contributed by atoms with Crippen LogP contribution >= 0.6 is 0 Å². The Morgan fingerprint density at radius 2 is 1.92 bits per heavy atom. The first-order valence-electron chi connectivity index (χ1n) is 13.8. The minimum absolute atomic E-state index is 0.0515. The Morgan fingerprint density at radius 3 is 2.64 bits per heavy atom. The van der Waals surface area contributed by atoms with Gasteiger partial charge in [0.2, 0.25) is 0 Å². The highest BCUT2D eigenvalue weighted by molar-refractivity contribution is 5.98. The average molecular weight is 498 g/mol. The minimum atomic E-state index is -0.0515. The van der Waals surface area contributed by atoms with Crippen LogP contribution in [0.2, 0.25) is 0 Å². The van der Waals surface area contributed by atoms with Gasteiger partial charge in [-0.15, -0.1) is 0 Å². The summed E-state index contributed by atoms with van der Waals surface area (Å²) in [4.78, 5) is 20.8. The van der Waals surface area contributed by atoms with Crippen molar-refractivity contribution in [1.82, 2.24) is 15.2 Å². The molecule has 2 heterocycles. The molecule has 0 unspecified atom stereocenters. The highest BCUT2D eigenvalue weighted by Gasteiger charge is 2.30. The Labute approximate surface area is 215 Å². The largest absolute Gasteiger partial charge is 0.493 e. The van der Waals surface area contributed by atoms with Crippen molar-refractivity contribution in [2.45, 2.75) is 77.3 Å². The van der Waals surface area contributed by atoms with Crippen molar-refractivity contribution >= 4 is 16.8 Å². The minimum Gasteiger partial charge on any atom is -0.493 e. The summed E-state index contributed by atoms with van der Waals surface area (Å²) in [7, 11) is 1.69. The molecule has 0 bridgehead atoms. The molecule has 1 saturated carbocycles. The van der Waals surface area contributed by atoms with Crippen LogP contribution in [-0.2, 0) is 4.74 Å². The second-order valence-corrected chi connectivity index (χ2v) is 10.5. The molecule has 1 N–H and O–H groups in total. The molecule has 1 amide bonds. The number of rotatable bonds is 11. The first-order chi connectivity index (χ1) is 17.6. The zero-order valence-electron chi connectivity index (χ0n) is 22.3. The monoisotopic (exact) mass is 497 g/mol. The summed E-state index contributed by atoms with van der Waals surface area (Å²) in [5.41, 5.74) is 1.11. The predicted octanol–water partition coefficient (Wildman–Crippen LogP) is 5.21. The number of amides is 1. The lowest BCUT2D eigenvalue weighted by molar-refractivity contribution is 0.0567. The maximum Gasteiger partial charge on any atom is 0.273 e. The third-order valence-corrected chi connectivity index (χ3v) is 7.39. The number of methoxy groups -OCH3 is 1. The van der Waals surface area contributed by atoms with Crippen molar-refractivity contribution in [1.29, 1.82) is 0 Å². The summed E-state index contributed by atoms with van der Waals surface area (Å²) in [6.45, 7) is 7.80. The van der Waals surface area contributed by atoms with Crippen LogP contribution in [0.1, 0.15) is 75.7 Å². The van der Waals surface area contributed by atoms with Crippen LogP contribution in [0.3, 0.4) is 0 Å². The van der Waals surface area contributed by atoms with Crippen LogP contribution in [0.4, 0.5) is 0 Å².